The number of amides is 7. The van der Waals surface area contributed by atoms with Gasteiger partial charge in [-0.15, -0.1) is 0 Å². The molecule has 0 unspecified atom stereocenters. The number of hydrogen-bond donors (Lipinski definition) is 9. The Bertz CT molecular complexity index is 1870. The van der Waals surface area contributed by atoms with E-state index in [1.807, 2.05) is 24.3 Å². The first-order valence-electron chi connectivity index (χ1n) is 20.2. The first-order valence-corrected chi connectivity index (χ1v) is 22.7. The number of H-pyrrole nitrogens is 1. The van der Waals surface area contributed by atoms with Crippen molar-refractivity contribution in [2.45, 2.75) is 114 Å². The van der Waals surface area contributed by atoms with Gasteiger partial charge in [0.05, 0.1) is 0 Å². The van der Waals surface area contributed by atoms with Crippen LogP contribution in [-0.4, -0.2) is 118 Å². The number of carbonyl (C=O) groups excluding carboxylic acids is 7. The average Bonchev–Trinajstić information content (AvgIpc) is 3.86. The van der Waals surface area contributed by atoms with E-state index in [9.17, 15) is 33.6 Å². The van der Waals surface area contributed by atoms with Crippen LogP contribution in [0.25, 0.3) is 10.9 Å². The van der Waals surface area contributed by atoms with Gasteiger partial charge in [-0.2, -0.15) is 0 Å². The molecule has 2 aliphatic heterocycles. The molecular formula is C39H57N11O7S2. The zero-order valence-electron chi connectivity index (χ0n) is 33.3. The van der Waals surface area contributed by atoms with Gasteiger partial charge in [-0.1, -0.05) is 71.9 Å². The summed E-state index contributed by atoms with van der Waals surface area (Å²) >= 11 is 0. The van der Waals surface area contributed by atoms with Gasteiger partial charge in [0.25, 0.3) is 0 Å². The Hall–Kier alpha value is -4.98. The van der Waals surface area contributed by atoms with E-state index < -0.39 is 77.6 Å². The van der Waals surface area contributed by atoms with E-state index in [4.69, 9.17) is 17.2 Å². The van der Waals surface area contributed by atoms with Crippen LogP contribution in [0.15, 0.2) is 35.5 Å². The molecule has 1 saturated carbocycles. The molecule has 5 rings (SSSR count). The Balaban J connectivity index is 1.51. The van der Waals surface area contributed by atoms with Crippen LogP contribution in [0.3, 0.4) is 0 Å². The molecule has 18 nitrogen and oxygen atoms in total. The van der Waals surface area contributed by atoms with Gasteiger partial charge in [0.15, 0.2) is 5.96 Å². The fourth-order valence-corrected chi connectivity index (χ4v) is 10.3. The lowest BCUT2D eigenvalue weighted by molar-refractivity contribution is -0.141. The first kappa shape index (κ1) is 45.1. The molecule has 0 radical (unpaired) electrons. The number of carbonyl (C=O) groups is 7. The van der Waals surface area contributed by atoms with Crippen molar-refractivity contribution < 1.29 is 33.6 Å². The molecule has 1 aromatic carbocycles. The SMILES string of the molecule is CC(=O)N[C@H]1CSSC[C@@H](C(N)=O)NC(=O)[C@H](CCCN=C(N)N)NC(=O)[C@H](Cc2c[nH]c3ccccc23)NC(=O)[C@@H](CC2CCCCC2)NC(=O)[C@@H]2CCCN2C1=O. The maximum absolute atomic E-state index is 14.5. The minimum absolute atomic E-state index is 0.00222. The molecule has 1 aliphatic carbocycles. The number of aromatic nitrogens is 1. The number of guanidine groups is 1. The molecular weight excluding hydrogens is 799 g/mol. The van der Waals surface area contributed by atoms with Crippen LogP contribution in [0.2, 0.25) is 0 Å². The zero-order chi connectivity index (χ0) is 42.5. The number of fused-ring (bicyclic) bond motifs is 2. The Morgan fingerprint density at radius 3 is 2.24 bits per heavy atom. The van der Waals surface area contributed by atoms with Crippen LogP contribution in [0.5, 0.6) is 0 Å². The number of aromatic amines is 1. The summed E-state index contributed by atoms with van der Waals surface area (Å²) in [5, 5.41) is 14.9. The molecule has 3 aliphatic rings. The highest BCUT2D eigenvalue weighted by Crippen LogP contribution is 2.29. The molecule has 2 saturated heterocycles. The van der Waals surface area contributed by atoms with Crippen LogP contribution >= 0.6 is 21.6 Å². The van der Waals surface area contributed by atoms with Gasteiger partial charge in [-0.3, -0.25) is 38.6 Å². The highest BCUT2D eigenvalue weighted by atomic mass is 33.1. The van der Waals surface area contributed by atoms with E-state index in [1.165, 1.54) is 22.6 Å². The number of benzene rings is 1. The third-order valence-corrected chi connectivity index (χ3v) is 13.4. The fourth-order valence-electron chi connectivity index (χ4n) is 7.93. The van der Waals surface area contributed by atoms with Crippen molar-refractivity contribution in [2.75, 3.05) is 24.6 Å². The molecule has 0 bridgehead atoms. The van der Waals surface area contributed by atoms with Crippen LogP contribution in [0.1, 0.15) is 76.7 Å². The van der Waals surface area contributed by atoms with Crippen LogP contribution in [-0.2, 0) is 40.0 Å². The van der Waals surface area contributed by atoms with Crippen molar-refractivity contribution in [3.63, 3.8) is 0 Å². The topological polar surface area (TPSA) is 289 Å². The monoisotopic (exact) mass is 855 g/mol. The Morgan fingerprint density at radius 1 is 0.831 bits per heavy atom. The summed E-state index contributed by atoms with van der Waals surface area (Å²) in [7, 11) is 2.35. The lowest BCUT2D eigenvalue weighted by Gasteiger charge is -2.32. The van der Waals surface area contributed by atoms with E-state index in [0.717, 1.165) is 59.4 Å². The summed E-state index contributed by atoms with van der Waals surface area (Å²) in [5.41, 5.74) is 18.3. The summed E-state index contributed by atoms with van der Waals surface area (Å²) in [6.07, 6.45) is 8.18. The standard InChI is InChI=1S/C39H57N11O7S2/c1-22(51)45-31-21-59-58-20-30(33(40)52)49-34(53)27(13-7-15-43-39(41)42)46-36(55)29(18-24-19-44-26-12-6-5-11-25(24)26)47-35(54)28(17-23-9-3-2-4-10-23)48-37(56)32-14-8-16-50(32)38(31)57/h5-6,11-12,19,23,27-32,44H,2-4,7-10,13-18,20-21H2,1H3,(H2,40,52)(H,45,51)(H,46,55)(H,47,54)(H,48,56)(H,49,53)(H4,41,42,43)/t27-,28+,29-,30-,31-,32-/m0/s1. The van der Waals surface area contributed by atoms with E-state index in [2.05, 4.69) is 36.6 Å². The van der Waals surface area contributed by atoms with E-state index in [0.29, 0.717) is 19.3 Å². The van der Waals surface area contributed by atoms with Crippen molar-refractivity contribution in [1.82, 2.24) is 36.5 Å². The van der Waals surface area contributed by atoms with Gasteiger partial charge < -0.3 is 53.7 Å². The van der Waals surface area contributed by atoms with Crippen LogP contribution in [0, 0.1) is 5.92 Å². The van der Waals surface area contributed by atoms with Crippen molar-refractivity contribution in [3.8, 4) is 0 Å². The number of rotatable bonds is 10. The Labute approximate surface area is 351 Å². The molecule has 12 N–H and O–H groups in total. The maximum Gasteiger partial charge on any atom is 0.246 e. The molecule has 59 heavy (non-hydrogen) atoms. The minimum Gasteiger partial charge on any atom is -0.370 e. The Morgan fingerprint density at radius 2 is 1.51 bits per heavy atom. The number of hydrogen-bond acceptors (Lipinski definition) is 10. The molecule has 2 aromatic rings. The quantitative estimate of drug-likeness (QED) is 0.0666. The smallest absolute Gasteiger partial charge is 0.246 e. The molecule has 6 atom stereocenters. The number of nitrogens with one attached hydrogen (secondary N) is 6. The number of nitrogens with zero attached hydrogens (tertiary/aromatic N) is 2. The van der Waals surface area contributed by atoms with Crippen LogP contribution in [0.4, 0.5) is 0 Å². The molecule has 0 spiro atoms. The lowest BCUT2D eigenvalue weighted by atomic mass is 9.84. The third-order valence-electron chi connectivity index (χ3n) is 11.0. The largest absolute Gasteiger partial charge is 0.370 e. The van der Waals surface area contributed by atoms with Crippen molar-refractivity contribution >= 4 is 79.8 Å². The third kappa shape index (κ3) is 13.0. The fraction of sp³-hybridized carbons (Fsp3) is 0.590. The van der Waals surface area contributed by atoms with Gasteiger partial charge >= 0.3 is 0 Å². The minimum atomic E-state index is -1.21. The van der Waals surface area contributed by atoms with Gasteiger partial charge in [-0.25, -0.2) is 0 Å². The molecule has 3 fully saturated rings. The van der Waals surface area contributed by atoms with Gasteiger partial charge in [0, 0.05) is 55.0 Å². The van der Waals surface area contributed by atoms with E-state index in [1.54, 1.807) is 6.20 Å². The second-order valence-corrected chi connectivity index (χ2v) is 18.0. The molecule has 322 valence electrons. The van der Waals surface area contributed by atoms with Crippen molar-refractivity contribution in [3.05, 3.63) is 36.0 Å². The molecule has 7 amide bonds. The summed E-state index contributed by atoms with van der Waals surface area (Å²) < 4.78 is 0. The van der Waals surface area contributed by atoms with Gasteiger partial charge in [0.2, 0.25) is 41.4 Å². The summed E-state index contributed by atoms with van der Waals surface area (Å²) in [6, 6.07) is 1.00. The van der Waals surface area contributed by atoms with E-state index >= 15 is 0 Å². The average molecular weight is 856 g/mol. The molecule has 20 heteroatoms. The second-order valence-electron chi connectivity index (χ2n) is 15.4. The Kier molecular flexibility index (Phi) is 16.7. The van der Waals surface area contributed by atoms with Crippen molar-refractivity contribution in [1.29, 1.82) is 0 Å². The van der Waals surface area contributed by atoms with Crippen molar-refractivity contribution in [2.24, 2.45) is 28.1 Å². The molecule has 3 heterocycles. The number of nitrogens with two attached hydrogens (primary N) is 3. The highest BCUT2D eigenvalue weighted by molar-refractivity contribution is 8.76. The number of aliphatic imine (C=N–C) groups is 1. The van der Waals surface area contributed by atoms with Gasteiger partial charge in [0.1, 0.15) is 36.3 Å². The lowest BCUT2D eigenvalue weighted by Crippen LogP contribution is -2.60. The first-order chi connectivity index (χ1) is 28.3. The second kappa shape index (κ2) is 21.9. The zero-order valence-corrected chi connectivity index (χ0v) is 35.0. The maximum atomic E-state index is 14.5. The highest BCUT2D eigenvalue weighted by Gasteiger charge is 2.40. The predicted molar refractivity (Wildman–Crippen MR) is 227 cm³/mol. The summed E-state index contributed by atoms with van der Waals surface area (Å²) in [4.78, 5) is 104. The number of para-hydroxylation sites is 1. The van der Waals surface area contributed by atoms with E-state index in [-0.39, 0.29) is 55.7 Å². The summed E-state index contributed by atoms with van der Waals surface area (Å²) in [5.74, 6) is -4.08. The predicted octanol–water partition coefficient (Wildman–Crippen LogP) is 0.0496. The summed E-state index contributed by atoms with van der Waals surface area (Å²) in [6.45, 7) is 1.72. The molecule has 1 aromatic heterocycles. The normalized spacial score (nSPS) is 25.8. The van der Waals surface area contributed by atoms with Crippen LogP contribution < -0.4 is 43.8 Å². The van der Waals surface area contributed by atoms with Gasteiger partial charge in [-0.05, 0) is 49.7 Å². The number of primary amides is 1.